The smallest absolute Gasteiger partial charge is 0.371 e. The third kappa shape index (κ3) is 3.21. The van der Waals surface area contributed by atoms with E-state index in [0.29, 0.717) is 19.2 Å². The van der Waals surface area contributed by atoms with Gasteiger partial charge in [0.25, 0.3) is 0 Å². The molecule has 0 atom stereocenters. The molecule has 1 heterocycles. The number of hydrogen-bond donors (Lipinski definition) is 0. The molecule has 1 aliphatic rings. The van der Waals surface area contributed by atoms with E-state index in [1.165, 1.54) is 6.07 Å². The minimum Gasteiger partial charge on any atom is -0.371 e. The Morgan fingerprint density at radius 3 is 2.32 bits per heavy atom. The highest BCUT2D eigenvalue weighted by Gasteiger charge is 2.32. The van der Waals surface area contributed by atoms with Gasteiger partial charge >= 0.3 is 6.18 Å². The van der Waals surface area contributed by atoms with Gasteiger partial charge in [0.2, 0.25) is 0 Å². The van der Waals surface area contributed by atoms with Gasteiger partial charge in [-0.1, -0.05) is 0 Å². The molecular weight excluding hydrogens is 264 g/mol. The minimum atomic E-state index is -4.53. The Kier molecular flexibility index (Phi) is 3.73. The molecule has 0 aliphatic carbocycles. The lowest BCUT2D eigenvalue weighted by Gasteiger charge is -2.31. The molecule has 7 heteroatoms. The van der Waals surface area contributed by atoms with Gasteiger partial charge in [0.1, 0.15) is 11.9 Å². The first kappa shape index (κ1) is 13.8. The summed E-state index contributed by atoms with van der Waals surface area (Å²) in [6.07, 6.45) is -4.89. The summed E-state index contributed by atoms with van der Waals surface area (Å²) in [4.78, 5) is 12.1. The fourth-order valence-electron chi connectivity index (χ4n) is 2.10. The molecule has 1 aliphatic heterocycles. The van der Waals surface area contributed by atoms with Crippen LogP contribution in [0.25, 0.3) is 0 Å². The van der Waals surface area contributed by atoms with Gasteiger partial charge in [-0.25, -0.2) is 4.39 Å². The summed E-state index contributed by atoms with van der Waals surface area (Å²) >= 11 is 0. The van der Waals surface area contributed by atoms with Crippen LogP contribution in [-0.4, -0.2) is 19.3 Å². The predicted octanol–water partition coefficient (Wildman–Crippen LogP) is 4.04. The van der Waals surface area contributed by atoms with Crippen molar-refractivity contribution in [1.82, 2.24) is 0 Å². The highest BCUT2D eigenvalue weighted by molar-refractivity contribution is 5.59. The Labute approximate surface area is 107 Å². The van der Waals surface area contributed by atoms with Crippen molar-refractivity contribution in [2.45, 2.75) is 25.2 Å². The zero-order valence-electron chi connectivity index (χ0n) is 9.95. The number of nitroso groups, excluding NO2 is 1. The first-order chi connectivity index (χ1) is 8.90. The van der Waals surface area contributed by atoms with E-state index >= 15 is 0 Å². The van der Waals surface area contributed by atoms with Crippen molar-refractivity contribution < 1.29 is 17.6 Å². The zero-order chi connectivity index (χ0) is 14.0. The maximum Gasteiger partial charge on any atom is 0.416 e. The van der Waals surface area contributed by atoms with Crippen LogP contribution < -0.4 is 4.90 Å². The average molecular weight is 276 g/mol. The van der Waals surface area contributed by atoms with Gasteiger partial charge in [0.15, 0.2) is 0 Å². The van der Waals surface area contributed by atoms with Crippen molar-refractivity contribution in [1.29, 1.82) is 0 Å². The van der Waals surface area contributed by atoms with Crippen LogP contribution in [0.1, 0.15) is 18.4 Å². The second-order valence-electron chi connectivity index (χ2n) is 4.49. The monoisotopic (exact) mass is 276 g/mol. The topological polar surface area (TPSA) is 32.7 Å². The predicted molar refractivity (Wildman–Crippen MR) is 63.2 cm³/mol. The van der Waals surface area contributed by atoms with Crippen LogP contribution in [-0.2, 0) is 6.18 Å². The van der Waals surface area contributed by atoms with Crippen LogP contribution in [0.15, 0.2) is 23.4 Å². The lowest BCUT2D eigenvalue weighted by atomic mass is 10.1. The normalized spacial score (nSPS) is 17.6. The summed E-state index contributed by atoms with van der Waals surface area (Å²) in [7, 11) is 0. The molecule has 0 radical (unpaired) electrons. The van der Waals surface area contributed by atoms with Crippen molar-refractivity contribution in [2.75, 3.05) is 18.0 Å². The third-order valence-electron chi connectivity index (χ3n) is 3.12. The molecule has 1 aromatic rings. The lowest BCUT2D eigenvalue weighted by Crippen LogP contribution is -2.34. The third-order valence-corrected chi connectivity index (χ3v) is 3.12. The molecule has 3 nitrogen and oxygen atoms in total. The molecule has 0 bridgehead atoms. The van der Waals surface area contributed by atoms with Crippen LogP contribution in [0.3, 0.4) is 0 Å². The molecule has 0 aromatic heterocycles. The number of hydrogen-bond acceptors (Lipinski definition) is 3. The minimum absolute atomic E-state index is 0.260. The number of halogens is 4. The molecule has 2 rings (SSSR count). The quantitative estimate of drug-likeness (QED) is 0.603. The summed E-state index contributed by atoms with van der Waals surface area (Å²) < 4.78 is 51.1. The van der Waals surface area contributed by atoms with Crippen molar-refractivity contribution in [3.63, 3.8) is 0 Å². The summed E-state index contributed by atoms with van der Waals surface area (Å²) in [6, 6.07) is 2.96. The highest BCUT2D eigenvalue weighted by atomic mass is 19.4. The van der Waals surface area contributed by atoms with Crippen LogP contribution in [0.2, 0.25) is 0 Å². The van der Waals surface area contributed by atoms with Crippen LogP contribution in [0.5, 0.6) is 0 Å². The maximum absolute atomic E-state index is 13.0. The first-order valence-corrected chi connectivity index (χ1v) is 5.85. The molecule has 0 unspecified atom stereocenters. The van der Waals surface area contributed by atoms with Gasteiger partial charge in [0, 0.05) is 18.8 Å². The SMILES string of the molecule is O=Nc1cc(N2CCC(F)CC2)cc(C(F)(F)F)c1. The van der Waals surface area contributed by atoms with Crippen LogP contribution in [0, 0.1) is 4.91 Å². The van der Waals surface area contributed by atoms with Crippen molar-refractivity contribution in [2.24, 2.45) is 5.18 Å². The van der Waals surface area contributed by atoms with Gasteiger partial charge < -0.3 is 4.90 Å². The van der Waals surface area contributed by atoms with Crippen molar-refractivity contribution in [3.05, 3.63) is 28.7 Å². The summed E-state index contributed by atoms with van der Waals surface area (Å²) in [5.41, 5.74) is -0.925. The van der Waals surface area contributed by atoms with E-state index in [1.54, 1.807) is 4.90 Å². The number of benzene rings is 1. The molecule has 19 heavy (non-hydrogen) atoms. The summed E-state index contributed by atoms with van der Waals surface area (Å²) in [6.45, 7) is 0.668. The number of alkyl halides is 4. The number of rotatable bonds is 2. The van der Waals surface area contributed by atoms with Gasteiger partial charge in [-0.15, -0.1) is 4.91 Å². The molecule has 1 aromatic carbocycles. The number of anilines is 1. The Bertz CT molecular complexity index is 467. The van der Waals surface area contributed by atoms with Crippen molar-refractivity contribution >= 4 is 11.4 Å². The fourth-order valence-corrected chi connectivity index (χ4v) is 2.10. The Hall–Kier alpha value is -1.66. The van der Waals surface area contributed by atoms with Gasteiger partial charge in [0.05, 0.1) is 5.56 Å². The molecule has 0 saturated carbocycles. The van der Waals surface area contributed by atoms with Gasteiger partial charge in [-0.05, 0) is 36.2 Å². The van der Waals surface area contributed by atoms with E-state index in [9.17, 15) is 22.5 Å². The standard InChI is InChI=1S/C12H12F4N2O/c13-9-1-3-18(4-2-9)11-6-8(12(14,15)16)5-10(7-11)17-19/h5-7,9H,1-4H2. The van der Waals surface area contributed by atoms with Crippen LogP contribution >= 0.6 is 0 Å². The fraction of sp³-hybridized carbons (Fsp3) is 0.500. The lowest BCUT2D eigenvalue weighted by molar-refractivity contribution is -0.137. The van der Waals surface area contributed by atoms with E-state index in [-0.39, 0.29) is 24.2 Å². The molecule has 1 saturated heterocycles. The summed E-state index contributed by atoms with van der Waals surface area (Å²) in [5, 5.41) is 2.56. The molecular formula is C12H12F4N2O. The largest absolute Gasteiger partial charge is 0.416 e. The van der Waals surface area contributed by atoms with Gasteiger partial charge in [-0.3, -0.25) is 0 Å². The Balaban J connectivity index is 2.32. The second-order valence-corrected chi connectivity index (χ2v) is 4.49. The van der Waals surface area contributed by atoms with Crippen LogP contribution in [0.4, 0.5) is 28.9 Å². The summed E-state index contributed by atoms with van der Waals surface area (Å²) in [5.74, 6) is 0. The van der Waals surface area contributed by atoms with Gasteiger partial charge in [-0.2, -0.15) is 13.2 Å². The van der Waals surface area contributed by atoms with E-state index in [0.717, 1.165) is 6.07 Å². The number of piperidine rings is 1. The Morgan fingerprint density at radius 2 is 1.79 bits per heavy atom. The molecule has 0 N–H and O–H groups in total. The molecule has 0 amide bonds. The van der Waals surface area contributed by atoms with E-state index in [4.69, 9.17) is 0 Å². The maximum atomic E-state index is 13.0. The van der Waals surface area contributed by atoms with Crippen molar-refractivity contribution in [3.8, 4) is 0 Å². The van der Waals surface area contributed by atoms with E-state index in [1.807, 2.05) is 0 Å². The molecule has 0 spiro atoms. The average Bonchev–Trinajstić information content (AvgIpc) is 2.38. The number of nitrogens with zero attached hydrogens (tertiary/aromatic N) is 2. The van der Waals surface area contributed by atoms with E-state index < -0.39 is 17.9 Å². The second kappa shape index (κ2) is 5.14. The Morgan fingerprint density at radius 1 is 1.16 bits per heavy atom. The highest BCUT2D eigenvalue weighted by Crippen LogP contribution is 2.36. The molecule has 104 valence electrons. The first-order valence-electron chi connectivity index (χ1n) is 5.85. The molecule has 1 fully saturated rings. The zero-order valence-corrected chi connectivity index (χ0v) is 9.95. The van der Waals surface area contributed by atoms with E-state index in [2.05, 4.69) is 5.18 Å².